The van der Waals surface area contributed by atoms with Crippen molar-refractivity contribution < 1.29 is 13.9 Å². The molecule has 4 aromatic rings. The number of rotatable bonds is 4. The number of benzene rings is 2. The van der Waals surface area contributed by atoms with Crippen LogP contribution in [0.25, 0.3) is 38.5 Å². The van der Waals surface area contributed by atoms with E-state index >= 15 is 4.39 Å². The normalized spacial score (nSPS) is 18.0. The summed E-state index contributed by atoms with van der Waals surface area (Å²) in [5.74, 6) is 1.07. The van der Waals surface area contributed by atoms with Gasteiger partial charge in [-0.2, -0.15) is 5.10 Å². The number of allylic oxidation sites excluding steroid dienone is 2. The highest BCUT2D eigenvalue weighted by atomic mass is 19.1. The van der Waals surface area contributed by atoms with Crippen molar-refractivity contribution in [2.45, 2.75) is 32.4 Å². The van der Waals surface area contributed by atoms with Crippen molar-refractivity contribution in [3.63, 3.8) is 0 Å². The van der Waals surface area contributed by atoms with Gasteiger partial charge in [0.25, 0.3) is 0 Å². The fourth-order valence-electron chi connectivity index (χ4n) is 4.97. The number of terminal acetylenes is 1. The van der Waals surface area contributed by atoms with Crippen molar-refractivity contribution in [2.24, 2.45) is 11.7 Å². The molecular weight excluding hydrogens is 446 g/mol. The van der Waals surface area contributed by atoms with E-state index in [9.17, 15) is 9.50 Å². The lowest BCUT2D eigenvalue weighted by Crippen LogP contribution is -2.24. The molecule has 0 fully saturated rings. The van der Waals surface area contributed by atoms with Crippen LogP contribution in [0.15, 0.2) is 49.2 Å². The second-order valence-corrected chi connectivity index (χ2v) is 8.71. The third-order valence-corrected chi connectivity index (χ3v) is 6.64. The molecule has 5 nitrogen and oxygen atoms in total. The highest BCUT2D eigenvalue weighted by Crippen LogP contribution is 2.40. The predicted molar refractivity (Wildman–Crippen MR) is 135 cm³/mol. The molecule has 2 heterocycles. The molecule has 7 heteroatoms. The number of aromatic hydroxyl groups is 1. The first-order valence-corrected chi connectivity index (χ1v) is 11.4. The number of hydrogen-bond acceptors (Lipinski definition) is 4. The third-order valence-electron chi connectivity index (χ3n) is 6.64. The Labute approximate surface area is 201 Å². The first-order chi connectivity index (χ1) is 16.9. The summed E-state index contributed by atoms with van der Waals surface area (Å²) in [5, 5.41) is 16.4. The van der Waals surface area contributed by atoms with Crippen molar-refractivity contribution in [1.82, 2.24) is 14.8 Å². The molecule has 2 atom stereocenters. The van der Waals surface area contributed by atoms with E-state index < -0.39 is 11.6 Å². The van der Waals surface area contributed by atoms with Gasteiger partial charge in [-0.25, -0.2) is 8.78 Å². The highest BCUT2D eigenvalue weighted by Gasteiger charge is 2.27. The zero-order chi connectivity index (χ0) is 24.9. The summed E-state index contributed by atoms with van der Waals surface area (Å²) >= 11 is 0. The zero-order valence-corrected chi connectivity index (χ0v) is 19.2. The van der Waals surface area contributed by atoms with E-state index in [2.05, 4.69) is 17.5 Å². The lowest BCUT2D eigenvalue weighted by molar-refractivity contribution is 0.476. The number of nitrogens with zero attached hydrogens (tertiary/aromatic N) is 3. The van der Waals surface area contributed by atoms with E-state index in [1.807, 2.05) is 19.1 Å². The number of aryl methyl sites for hydroxylation is 1. The largest absolute Gasteiger partial charge is 0.508 e. The van der Waals surface area contributed by atoms with E-state index in [1.165, 1.54) is 24.3 Å². The van der Waals surface area contributed by atoms with Crippen molar-refractivity contribution >= 4 is 27.2 Å². The van der Waals surface area contributed by atoms with E-state index in [1.54, 1.807) is 10.9 Å². The molecule has 176 valence electrons. The first-order valence-electron chi connectivity index (χ1n) is 11.4. The van der Waals surface area contributed by atoms with Crippen molar-refractivity contribution in [1.29, 1.82) is 0 Å². The molecule has 2 aromatic carbocycles. The SMILES string of the molecule is C#Cc1c(F)ccc2cc(O)cc(-c3ncc4c(C5=CC(N)CCC5C=C)nn(CC)c4c3F)c12. The summed E-state index contributed by atoms with van der Waals surface area (Å²) in [6, 6.07) is 5.41. The summed E-state index contributed by atoms with van der Waals surface area (Å²) in [7, 11) is 0. The molecule has 35 heavy (non-hydrogen) atoms. The van der Waals surface area contributed by atoms with Gasteiger partial charge in [-0.1, -0.05) is 24.1 Å². The molecule has 0 amide bonds. The maximum Gasteiger partial charge on any atom is 0.175 e. The maximum atomic E-state index is 16.2. The van der Waals surface area contributed by atoms with Gasteiger partial charge in [0.2, 0.25) is 0 Å². The Bertz CT molecular complexity index is 1580. The molecule has 1 aliphatic carbocycles. The smallest absolute Gasteiger partial charge is 0.175 e. The van der Waals surface area contributed by atoms with Crippen molar-refractivity contribution in [3.8, 4) is 29.4 Å². The van der Waals surface area contributed by atoms with Crippen LogP contribution in [0.1, 0.15) is 31.0 Å². The van der Waals surface area contributed by atoms with Crippen LogP contribution >= 0.6 is 0 Å². The molecule has 0 saturated heterocycles. The van der Waals surface area contributed by atoms with Gasteiger partial charge in [-0.3, -0.25) is 9.67 Å². The van der Waals surface area contributed by atoms with Crippen LogP contribution in [-0.2, 0) is 6.54 Å². The van der Waals surface area contributed by atoms with E-state index in [0.717, 1.165) is 18.4 Å². The monoisotopic (exact) mass is 470 g/mol. The Morgan fingerprint density at radius 1 is 1.29 bits per heavy atom. The van der Waals surface area contributed by atoms with Crippen LogP contribution in [-0.4, -0.2) is 25.9 Å². The van der Waals surface area contributed by atoms with E-state index in [0.29, 0.717) is 28.4 Å². The first kappa shape index (κ1) is 22.8. The van der Waals surface area contributed by atoms with Crippen LogP contribution in [0.4, 0.5) is 8.78 Å². The van der Waals surface area contributed by atoms with E-state index in [-0.39, 0.29) is 40.0 Å². The standard InChI is InChI=1S/C28H24F2N4O/c1-4-15-7-9-17(31)12-20(15)26-22-14-32-27(25(30)28(22)34(6-3)33-26)21-13-18(35)11-16-8-10-23(29)19(5-2)24(16)21/h2,4,8,10-15,17,35H,1,6-7,9,31H2,3H3. The molecule has 5 rings (SSSR count). The van der Waals surface area contributed by atoms with Crippen LogP contribution < -0.4 is 5.73 Å². The number of nitrogens with two attached hydrogens (primary N) is 1. The lowest BCUT2D eigenvalue weighted by Gasteiger charge is -2.24. The summed E-state index contributed by atoms with van der Waals surface area (Å²) in [6.45, 7) is 6.24. The molecule has 1 aliphatic rings. The van der Waals surface area contributed by atoms with Crippen molar-refractivity contribution in [3.05, 3.63) is 72.1 Å². The van der Waals surface area contributed by atoms with Gasteiger partial charge in [-0.15, -0.1) is 13.0 Å². The number of halogens is 2. The average molecular weight is 471 g/mol. The van der Waals surface area contributed by atoms with Gasteiger partial charge in [0, 0.05) is 41.0 Å². The number of pyridine rings is 1. The van der Waals surface area contributed by atoms with Crippen molar-refractivity contribution in [2.75, 3.05) is 0 Å². The highest BCUT2D eigenvalue weighted by molar-refractivity contribution is 6.03. The summed E-state index contributed by atoms with van der Waals surface area (Å²) < 4.78 is 32.3. The number of fused-ring (bicyclic) bond motifs is 2. The molecular formula is C28H24F2N4O. The summed E-state index contributed by atoms with van der Waals surface area (Å²) in [4.78, 5) is 4.43. The summed E-state index contributed by atoms with van der Waals surface area (Å²) in [5.41, 5.74) is 8.14. The van der Waals surface area contributed by atoms with Gasteiger partial charge < -0.3 is 10.8 Å². The molecule has 0 spiro atoms. The number of aromatic nitrogens is 3. The number of phenols is 1. The Morgan fingerprint density at radius 3 is 2.80 bits per heavy atom. The second-order valence-electron chi connectivity index (χ2n) is 8.71. The zero-order valence-electron chi connectivity index (χ0n) is 19.2. The molecule has 2 unspecified atom stereocenters. The number of phenolic OH excluding ortho intramolecular Hbond substituents is 1. The van der Waals surface area contributed by atoms with Crippen LogP contribution in [0.2, 0.25) is 0 Å². The molecule has 0 bridgehead atoms. The number of hydrogen-bond donors (Lipinski definition) is 2. The molecule has 0 aliphatic heterocycles. The topological polar surface area (TPSA) is 77.0 Å². The third kappa shape index (κ3) is 3.58. The fraction of sp³-hybridized carbons (Fsp3) is 0.214. The van der Waals surface area contributed by atoms with Crippen LogP contribution in [0, 0.1) is 29.9 Å². The minimum Gasteiger partial charge on any atom is -0.508 e. The average Bonchev–Trinajstić information content (AvgIpc) is 3.23. The summed E-state index contributed by atoms with van der Waals surface area (Å²) in [6.07, 6.45) is 12.7. The second kappa shape index (κ2) is 8.64. The van der Waals surface area contributed by atoms with Gasteiger partial charge >= 0.3 is 0 Å². The van der Waals surface area contributed by atoms with Gasteiger partial charge in [0.15, 0.2) is 5.82 Å². The maximum absolute atomic E-state index is 16.2. The predicted octanol–water partition coefficient (Wildman–Crippen LogP) is 5.54. The van der Waals surface area contributed by atoms with E-state index in [4.69, 9.17) is 17.3 Å². The van der Waals surface area contributed by atoms with Gasteiger partial charge in [0.1, 0.15) is 22.8 Å². The minimum atomic E-state index is -0.627. The van der Waals surface area contributed by atoms with Gasteiger partial charge in [0.05, 0.1) is 11.3 Å². The lowest BCUT2D eigenvalue weighted by atomic mass is 9.83. The minimum absolute atomic E-state index is 0.0151. The van der Waals surface area contributed by atoms with Crippen LogP contribution in [0.5, 0.6) is 5.75 Å². The quantitative estimate of drug-likeness (QED) is 0.303. The molecule has 0 radical (unpaired) electrons. The van der Waals surface area contributed by atoms with Gasteiger partial charge in [-0.05, 0) is 48.9 Å². The Balaban J connectivity index is 1.82. The van der Waals surface area contributed by atoms with Crippen LogP contribution in [0.3, 0.4) is 0 Å². The fourth-order valence-corrected chi connectivity index (χ4v) is 4.97. The molecule has 2 aromatic heterocycles. The molecule has 3 N–H and O–H groups in total. The Hall–Kier alpha value is -4.02. The Kier molecular flexibility index (Phi) is 5.62. The molecule has 0 saturated carbocycles. The Morgan fingerprint density at radius 2 is 2.09 bits per heavy atom.